The number of nitrogens with one attached hydrogen (secondary N) is 2. The lowest BCUT2D eigenvalue weighted by molar-refractivity contribution is 0.263. The van der Waals surface area contributed by atoms with E-state index in [1.165, 1.54) is 16.4 Å². The molecular weight excluding hydrogens is 519 g/mol. The predicted molar refractivity (Wildman–Crippen MR) is 155 cm³/mol. The highest BCUT2D eigenvalue weighted by Crippen LogP contribution is 2.33. The van der Waals surface area contributed by atoms with Crippen LogP contribution in [0.4, 0.5) is 21.8 Å². The van der Waals surface area contributed by atoms with Gasteiger partial charge >= 0.3 is 0 Å². The molecule has 1 heterocycles. The smallest absolute Gasteiger partial charge is 0.225 e. The van der Waals surface area contributed by atoms with Gasteiger partial charge in [0, 0.05) is 37.8 Å². The summed E-state index contributed by atoms with van der Waals surface area (Å²) in [7, 11) is 3.98. The predicted octanol–water partition coefficient (Wildman–Crippen LogP) is 4.71. The van der Waals surface area contributed by atoms with Gasteiger partial charge in [0.2, 0.25) is 16.0 Å². The number of sulfonamides is 1. The third-order valence-electron chi connectivity index (χ3n) is 7.11. The Morgan fingerprint density at radius 3 is 2.38 bits per heavy atom. The molecule has 1 aromatic heterocycles. The lowest BCUT2D eigenvalue weighted by Crippen LogP contribution is -2.30. The molecule has 0 atom stereocenters. The van der Waals surface area contributed by atoms with Crippen LogP contribution < -0.4 is 15.4 Å². The topological polar surface area (TPSA) is 99.7 Å². The fraction of sp³-hybridized carbons (Fsp3) is 0.500. The number of halogens is 1. The van der Waals surface area contributed by atoms with Crippen molar-refractivity contribution in [3.8, 4) is 5.75 Å². The van der Waals surface area contributed by atoms with E-state index >= 15 is 0 Å². The SMILES string of the molecule is CN(C)CCOc1cccc2c(Nc3ccc(F)cc3)nc(NC3CCC(CCS(=O)(=O)N(C)C)CC3)nc12. The van der Waals surface area contributed by atoms with Gasteiger partial charge in [-0.15, -0.1) is 0 Å². The maximum atomic E-state index is 13.5. The number of anilines is 3. The van der Waals surface area contributed by atoms with Gasteiger partial charge in [-0.3, -0.25) is 0 Å². The highest BCUT2D eigenvalue weighted by molar-refractivity contribution is 7.89. The molecule has 1 fully saturated rings. The Morgan fingerprint density at radius 2 is 1.72 bits per heavy atom. The standard InChI is InChI=1S/C28H39FN6O3S/c1-34(2)17-18-38-25-7-5-6-24-26(25)32-28(33-27(24)30-22-14-10-21(29)11-15-22)31-23-12-8-20(9-13-23)16-19-39(36,37)35(3)4/h5-7,10-11,14-15,20,23H,8-9,12-13,16-19H2,1-4H3,(H2,30,31,32,33). The summed E-state index contributed by atoms with van der Waals surface area (Å²) in [4.78, 5) is 11.7. The number of hydrogen-bond donors (Lipinski definition) is 2. The number of likely N-dealkylation sites (N-methyl/N-ethyl adjacent to an activating group) is 1. The second-order valence-electron chi connectivity index (χ2n) is 10.6. The Hall–Kier alpha value is -3.02. The second kappa shape index (κ2) is 12.9. The molecule has 212 valence electrons. The van der Waals surface area contributed by atoms with Gasteiger partial charge in [-0.25, -0.2) is 22.1 Å². The Bertz CT molecular complexity index is 1340. The maximum Gasteiger partial charge on any atom is 0.225 e. The number of benzene rings is 2. The molecule has 0 saturated heterocycles. The van der Waals surface area contributed by atoms with Crippen LogP contribution in [0.25, 0.3) is 10.9 Å². The van der Waals surface area contributed by atoms with Crippen molar-refractivity contribution in [2.75, 3.05) is 57.7 Å². The fourth-order valence-electron chi connectivity index (χ4n) is 4.69. The zero-order valence-electron chi connectivity index (χ0n) is 23.2. The van der Waals surface area contributed by atoms with Gasteiger partial charge in [-0.05, 0) is 88.5 Å². The molecule has 3 aromatic rings. The molecule has 0 bridgehead atoms. The van der Waals surface area contributed by atoms with Crippen molar-refractivity contribution >= 4 is 38.4 Å². The molecule has 2 N–H and O–H groups in total. The molecule has 4 rings (SSSR count). The number of rotatable bonds is 12. The van der Waals surface area contributed by atoms with Crippen LogP contribution in [0.1, 0.15) is 32.1 Å². The van der Waals surface area contributed by atoms with Crippen LogP contribution in [0.2, 0.25) is 0 Å². The summed E-state index contributed by atoms with van der Waals surface area (Å²) >= 11 is 0. The van der Waals surface area contributed by atoms with E-state index in [2.05, 4.69) is 15.5 Å². The minimum atomic E-state index is -3.17. The lowest BCUT2D eigenvalue weighted by Gasteiger charge is -2.29. The first-order chi connectivity index (χ1) is 18.6. The van der Waals surface area contributed by atoms with Gasteiger partial charge in [-0.1, -0.05) is 6.07 Å². The van der Waals surface area contributed by atoms with Crippen LogP contribution in [0.15, 0.2) is 42.5 Å². The maximum absolute atomic E-state index is 13.5. The molecule has 11 heteroatoms. The summed E-state index contributed by atoms with van der Waals surface area (Å²) in [5.41, 5.74) is 1.41. The average Bonchev–Trinajstić information content (AvgIpc) is 2.90. The van der Waals surface area contributed by atoms with Crippen molar-refractivity contribution in [2.24, 2.45) is 5.92 Å². The summed E-state index contributed by atoms with van der Waals surface area (Å²) in [6, 6.07) is 12.1. The molecule has 1 saturated carbocycles. The van der Waals surface area contributed by atoms with Gasteiger partial charge in [0.1, 0.15) is 29.5 Å². The molecule has 0 amide bonds. The van der Waals surface area contributed by atoms with E-state index < -0.39 is 10.0 Å². The van der Waals surface area contributed by atoms with Crippen molar-refractivity contribution in [2.45, 2.75) is 38.1 Å². The summed E-state index contributed by atoms with van der Waals surface area (Å²) < 4.78 is 45.2. The first-order valence-electron chi connectivity index (χ1n) is 13.4. The molecule has 0 unspecified atom stereocenters. The second-order valence-corrected chi connectivity index (χ2v) is 12.9. The van der Waals surface area contributed by atoms with Crippen molar-refractivity contribution < 1.29 is 17.5 Å². The monoisotopic (exact) mass is 558 g/mol. The molecule has 39 heavy (non-hydrogen) atoms. The van der Waals surface area contributed by atoms with E-state index in [0.717, 1.165) is 43.3 Å². The minimum absolute atomic E-state index is 0.185. The van der Waals surface area contributed by atoms with Crippen molar-refractivity contribution in [1.29, 1.82) is 0 Å². The lowest BCUT2D eigenvalue weighted by atomic mass is 9.84. The van der Waals surface area contributed by atoms with Crippen molar-refractivity contribution in [3.63, 3.8) is 0 Å². The zero-order valence-corrected chi connectivity index (χ0v) is 24.0. The molecule has 0 spiro atoms. The highest BCUT2D eigenvalue weighted by Gasteiger charge is 2.25. The molecule has 1 aliphatic carbocycles. The number of para-hydroxylation sites is 1. The number of nitrogens with zero attached hydrogens (tertiary/aromatic N) is 4. The highest BCUT2D eigenvalue weighted by atomic mass is 32.2. The van der Waals surface area contributed by atoms with E-state index in [-0.39, 0.29) is 17.6 Å². The van der Waals surface area contributed by atoms with Crippen LogP contribution in [0.3, 0.4) is 0 Å². The minimum Gasteiger partial charge on any atom is -0.490 e. The fourth-order valence-corrected chi connectivity index (χ4v) is 5.68. The summed E-state index contributed by atoms with van der Waals surface area (Å²) in [5, 5.41) is 7.63. The van der Waals surface area contributed by atoms with Crippen LogP contribution in [0, 0.1) is 11.7 Å². The summed E-state index contributed by atoms with van der Waals surface area (Å²) in [6.45, 7) is 1.29. The largest absolute Gasteiger partial charge is 0.490 e. The molecule has 9 nitrogen and oxygen atoms in total. The van der Waals surface area contributed by atoms with Crippen LogP contribution in [-0.2, 0) is 10.0 Å². The Labute approximate surface area is 230 Å². The molecule has 0 radical (unpaired) electrons. The Kier molecular flexibility index (Phi) is 9.58. The van der Waals surface area contributed by atoms with Crippen LogP contribution in [-0.4, -0.2) is 80.7 Å². The number of ether oxygens (including phenoxy) is 1. The Morgan fingerprint density at radius 1 is 1.00 bits per heavy atom. The molecule has 0 aliphatic heterocycles. The third-order valence-corrected chi connectivity index (χ3v) is 8.98. The number of hydrogen-bond acceptors (Lipinski definition) is 8. The van der Waals surface area contributed by atoms with Gasteiger partial charge in [0.15, 0.2) is 0 Å². The zero-order chi connectivity index (χ0) is 28.0. The first-order valence-corrected chi connectivity index (χ1v) is 15.0. The van der Waals surface area contributed by atoms with Crippen molar-refractivity contribution in [1.82, 2.24) is 19.2 Å². The summed E-state index contributed by atoms with van der Waals surface area (Å²) in [5.74, 6) is 2.05. The quantitative estimate of drug-likeness (QED) is 0.330. The number of aromatic nitrogens is 2. The van der Waals surface area contributed by atoms with E-state index in [0.29, 0.717) is 42.0 Å². The van der Waals surface area contributed by atoms with E-state index in [1.54, 1.807) is 26.2 Å². The first kappa shape index (κ1) is 29.0. The van der Waals surface area contributed by atoms with Crippen LogP contribution >= 0.6 is 0 Å². The Balaban J connectivity index is 1.52. The van der Waals surface area contributed by atoms with Crippen LogP contribution in [0.5, 0.6) is 5.75 Å². The van der Waals surface area contributed by atoms with E-state index in [9.17, 15) is 12.8 Å². The van der Waals surface area contributed by atoms with Gasteiger partial charge < -0.3 is 20.3 Å². The van der Waals surface area contributed by atoms with Gasteiger partial charge in [0.25, 0.3) is 0 Å². The van der Waals surface area contributed by atoms with Gasteiger partial charge in [-0.2, -0.15) is 4.98 Å². The average molecular weight is 559 g/mol. The third kappa shape index (κ3) is 8.00. The molecular formula is C28H39FN6O3S. The normalized spacial score (nSPS) is 18.0. The summed E-state index contributed by atoms with van der Waals surface area (Å²) in [6.07, 6.45) is 4.41. The number of fused-ring (bicyclic) bond motifs is 1. The molecule has 1 aliphatic rings. The van der Waals surface area contributed by atoms with E-state index in [1.807, 2.05) is 32.3 Å². The van der Waals surface area contributed by atoms with Gasteiger partial charge in [0.05, 0.1) is 5.75 Å². The van der Waals surface area contributed by atoms with E-state index in [4.69, 9.17) is 14.7 Å². The molecule has 2 aromatic carbocycles. The van der Waals surface area contributed by atoms with Crippen molar-refractivity contribution in [3.05, 3.63) is 48.3 Å².